The second kappa shape index (κ2) is 15.6. The molecule has 0 radical (unpaired) electrons. The molecule has 224 valence electrons. The molecular formula is C28H36N8O6. The normalized spacial score (nSPS) is 20.3. The van der Waals surface area contributed by atoms with Gasteiger partial charge in [0.2, 0.25) is 23.6 Å². The van der Waals surface area contributed by atoms with Crippen molar-refractivity contribution >= 4 is 41.2 Å². The summed E-state index contributed by atoms with van der Waals surface area (Å²) in [7, 11) is 0. The zero-order valence-corrected chi connectivity index (χ0v) is 23.0. The average Bonchev–Trinajstić information content (AvgIpc) is 2.95. The van der Waals surface area contributed by atoms with Crippen LogP contribution in [0.25, 0.3) is 0 Å². The van der Waals surface area contributed by atoms with Crippen molar-refractivity contribution < 1.29 is 29.1 Å². The topological polar surface area (TPSA) is 230 Å². The minimum absolute atomic E-state index is 0.0954. The van der Waals surface area contributed by atoms with Crippen LogP contribution in [0, 0.1) is 0 Å². The van der Waals surface area contributed by atoms with Crippen LogP contribution < -0.4 is 38.1 Å². The van der Waals surface area contributed by atoms with E-state index in [2.05, 4.69) is 31.6 Å². The monoisotopic (exact) mass is 580 g/mol. The van der Waals surface area contributed by atoms with E-state index in [1.165, 1.54) is 0 Å². The number of carbonyl (C=O) groups is 5. The molecule has 14 heteroatoms. The lowest BCUT2D eigenvalue weighted by Gasteiger charge is -2.24. The summed E-state index contributed by atoms with van der Waals surface area (Å²) in [6.45, 7) is -0.262. The molecule has 0 saturated heterocycles. The summed E-state index contributed by atoms with van der Waals surface area (Å²) in [5.74, 6) is -4.04. The van der Waals surface area contributed by atoms with Gasteiger partial charge in [-0.3, -0.25) is 24.2 Å². The lowest BCUT2D eigenvalue weighted by molar-refractivity contribution is -0.143. The Hall–Kier alpha value is -5.14. The Bertz CT molecular complexity index is 1300. The molecule has 0 saturated carbocycles. The molecule has 1 heterocycles. The largest absolute Gasteiger partial charge is 0.480 e. The van der Waals surface area contributed by atoms with Gasteiger partial charge in [0.25, 0.3) is 0 Å². The van der Waals surface area contributed by atoms with Gasteiger partial charge in [-0.05, 0) is 36.1 Å². The number of amides is 4. The highest BCUT2D eigenvalue weighted by atomic mass is 16.4. The zero-order chi connectivity index (χ0) is 30.5. The Labute approximate surface area is 242 Å². The minimum atomic E-state index is -1.50. The van der Waals surface area contributed by atoms with E-state index in [0.717, 1.165) is 5.56 Å². The van der Waals surface area contributed by atoms with E-state index in [-0.39, 0.29) is 25.5 Å². The van der Waals surface area contributed by atoms with Gasteiger partial charge >= 0.3 is 5.97 Å². The fourth-order valence-corrected chi connectivity index (χ4v) is 4.27. The Kier molecular flexibility index (Phi) is 11.7. The van der Waals surface area contributed by atoms with Crippen molar-refractivity contribution in [2.45, 2.75) is 50.4 Å². The quantitative estimate of drug-likeness (QED) is 0.113. The molecule has 3 atom stereocenters. The van der Waals surface area contributed by atoms with Crippen LogP contribution in [0.15, 0.2) is 59.6 Å². The molecule has 10 N–H and O–H groups in total. The van der Waals surface area contributed by atoms with Gasteiger partial charge in [0.15, 0.2) is 5.96 Å². The van der Waals surface area contributed by atoms with E-state index >= 15 is 0 Å². The summed E-state index contributed by atoms with van der Waals surface area (Å²) < 4.78 is 0. The van der Waals surface area contributed by atoms with E-state index in [1.807, 2.05) is 30.3 Å². The highest BCUT2D eigenvalue weighted by Gasteiger charge is 2.28. The molecule has 0 fully saturated rings. The maximum Gasteiger partial charge on any atom is 0.326 e. The number of nitrogens with one attached hydrogen (secondary N) is 5. The van der Waals surface area contributed by atoms with Gasteiger partial charge in [-0.15, -0.1) is 0 Å². The van der Waals surface area contributed by atoms with Crippen LogP contribution in [0.4, 0.5) is 5.69 Å². The molecular weight excluding hydrogens is 544 g/mol. The number of aliphatic imine (C=N–C) groups is 1. The molecule has 0 aliphatic carbocycles. The van der Waals surface area contributed by atoms with Crippen molar-refractivity contribution in [2.75, 3.05) is 18.4 Å². The van der Waals surface area contributed by atoms with Crippen molar-refractivity contribution in [1.82, 2.24) is 21.3 Å². The number of guanidine groups is 1. The van der Waals surface area contributed by atoms with Gasteiger partial charge in [0.05, 0.1) is 13.0 Å². The second-order valence-corrected chi connectivity index (χ2v) is 9.75. The SMILES string of the molecule is NC(N)=NCCCC1NC(=O)[C@H](Cc2ccccc2)Nc2cccc(c2)CNC(=O)C[C@@H](C(=O)O)NC(=O)CNC1=O. The first kappa shape index (κ1) is 31.4. The number of carboxylic acids is 1. The number of rotatable bonds is 7. The van der Waals surface area contributed by atoms with Crippen LogP contribution in [0.1, 0.15) is 30.4 Å². The number of aliphatic carboxylic acids is 1. The summed E-state index contributed by atoms with van der Waals surface area (Å²) in [5.41, 5.74) is 12.9. The summed E-state index contributed by atoms with van der Waals surface area (Å²) in [6, 6.07) is 13.0. The van der Waals surface area contributed by atoms with E-state index in [0.29, 0.717) is 24.1 Å². The first-order valence-corrected chi connectivity index (χ1v) is 13.4. The molecule has 14 nitrogen and oxygen atoms in total. The molecule has 2 aromatic rings. The van der Waals surface area contributed by atoms with Crippen molar-refractivity contribution in [3.63, 3.8) is 0 Å². The molecule has 1 aliphatic rings. The predicted molar refractivity (Wildman–Crippen MR) is 155 cm³/mol. The molecule has 2 aromatic carbocycles. The Morgan fingerprint density at radius 3 is 2.33 bits per heavy atom. The second-order valence-electron chi connectivity index (χ2n) is 9.75. The lowest BCUT2D eigenvalue weighted by atomic mass is 10.0. The number of hydrogen-bond donors (Lipinski definition) is 8. The van der Waals surface area contributed by atoms with Crippen LogP contribution in [-0.2, 0) is 36.9 Å². The first-order chi connectivity index (χ1) is 20.1. The molecule has 2 bridgehead atoms. The van der Waals surface area contributed by atoms with Crippen LogP contribution in [0.2, 0.25) is 0 Å². The van der Waals surface area contributed by atoms with Gasteiger partial charge < -0.3 is 43.2 Å². The van der Waals surface area contributed by atoms with E-state index in [9.17, 15) is 29.1 Å². The predicted octanol–water partition coefficient (Wildman–Crippen LogP) is -1.05. The fraction of sp³-hybridized carbons (Fsp3) is 0.357. The van der Waals surface area contributed by atoms with E-state index in [4.69, 9.17) is 11.5 Å². The number of fused-ring (bicyclic) bond motifs is 2. The van der Waals surface area contributed by atoms with Crippen molar-refractivity contribution in [1.29, 1.82) is 0 Å². The van der Waals surface area contributed by atoms with Crippen LogP contribution in [0.5, 0.6) is 0 Å². The van der Waals surface area contributed by atoms with E-state index < -0.39 is 60.7 Å². The number of anilines is 1. The third-order valence-corrected chi connectivity index (χ3v) is 6.38. The minimum Gasteiger partial charge on any atom is -0.480 e. The average molecular weight is 581 g/mol. The van der Waals surface area contributed by atoms with Gasteiger partial charge in [0, 0.05) is 25.2 Å². The highest BCUT2D eigenvalue weighted by molar-refractivity contribution is 5.94. The fourth-order valence-electron chi connectivity index (χ4n) is 4.27. The maximum atomic E-state index is 13.6. The summed E-state index contributed by atoms with van der Waals surface area (Å²) in [5, 5.41) is 22.8. The highest BCUT2D eigenvalue weighted by Crippen LogP contribution is 2.15. The number of benzene rings is 2. The van der Waals surface area contributed by atoms with Gasteiger partial charge in [-0.1, -0.05) is 42.5 Å². The number of nitrogens with zero attached hydrogens (tertiary/aromatic N) is 1. The summed E-state index contributed by atoms with van der Waals surface area (Å²) in [4.78, 5) is 67.2. The molecule has 42 heavy (non-hydrogen) atoms. The first-order valence-electron chi connectivity index (χ1n) is 13.4. The third kappa shape index (κ3) is 10.4. The molecule has 3 rings (SSSR count). The maximum absolute atomic E-state index is 13.6. The molecule has 0 spiro atoms. The van der Waals surface area contributed by atoms with Gasteiger partial charge in [-0.25, -0.2) is 4.79 Å². The molecule has 4 amide bonds. The zero-order valence-electron chi connectivity index (χ0n) is 23.0. The van der Waals surface area contributed by atoms with E-state index in [1.54, 1.807) is 24.3 Å². The standard InChI is InChI=1S/C28H36N8O6/c29-28(30)31-11-5-10-20-25(39)33-16-24(38)35-22(27(41)42)14-23(37)32-15-18-8-4-9-19(12-18)34-21(26(40)36-20)13-17-6-2-1-3-7-17/h1-4,6-9,12,20-22,34H,5,10-11,13-16H2,(H,32,37)(H,33,39)(H,35,38)(H,36,40)(H,41,42)(H4,29,30,31)/t20?,21-,22-/m0/s1. The Morgan fingerprint density at radius 2 is 1.62 bits per heavy atom. The van der Waals surface area contributed by atoms with Crippen LogP contribution >= 0.6 is 0 Å². The number of nitrogens with two attached hydrogens (primary N) is 2. The number of hydrogen-bond acceptors (Lipinski definition) is 7. The number of carboxylic acid groups (broad SMARTS) is 1. The Balaban J connectivity index is 1.91. The van der Waals surface area contributed by atoms with Crippen LogP contribution in [0.3, 0.4) is 0 Å². The molecule has 1 aliphatic heterocycles. The third-order valence-electron chi connectivity index (χ3n) is 6.38. The summed E-state index contributed by atoms with van der Waals surface area (Å²) in [6.07, 6.45) is 0.295. The molecule has 0 aromatic heterocycles. The smallest absolute Gasteiger partial charge is 0.326 e. The van der Waals surface area contributed by atoms with Crippen molar-refractivity contribution in [3.05, 3.63) is 65.7 Å². The number of carbonyl (C=O) groups excluding carboxylic acids is 4. The lowest BCUT2D eigenvalue weighted by Crippen LogP contribution is -2.53. The van der Waals surface area contributed by atoms with Crippen molar-refractivity contribution in [3.8, 4) is 0 Å². The Morgan fingerprint density at radius 1 is 0.857 bits per heavy atom. The van der Waals surface area contributed by atoms with Crippen LogP contribution in [-0.4, -0.2) is 71.9 Å². The molecule has 1 unspecified atom stereocenters. The van der Waals surface area contributed by atoms with Gasteiger partial charge in [0.1, 0.15) is 18.1 Å². The summed E-state index contributed by atoms with van der Waals surface area (Å²) >= 11 is 0. The van der Waals surface area contributed by atoms with Crippen molar-refractivity contribution in [2.24, 2.45) is 16.5 Å². The van der Waals surface area contributed by atoms with Gasteiger partial charge in [-0.2, -0.15) is 0 Å².